The van der Waals surface area contributed by atoms with E-state index in [-0.39, 0.29) is 5.56 Å². The van der Waals surface area contributed by atoms with Gasteiger partial charge in [-0.1, -0.05) is 12.1 Å². The Morgan fingerprint density at radius 3 is 2.90 bits per heavy atom. The van der Waals surface area contributed by atoms with Crippen LogP contribution in [0.25, 0.3) is 0 Å². The van der Waals surface area contributed by atoms with Crippen molar-refractivity contribution in [1.29, 1.82) is 0 Å². The Hall–Kier alpha value is -1.82. The molecule has 0 unspecified atom stereocenters. The number of nitrogens with one attached hydrogen (secondary N) is 1. The summed E-state index contributed by atoms with van der Waals surface area (Å²) >= 11 is 3.32. The van der Waals surface area contributed by atoms with Crippen LogP contribution in [0.4, 0.5) is 5.69 Å². The molecule has 0 bridgehead atoms. The first-order chi connectivity index (χ1) is 10.2. The number of aryl methyl sites for hydroxylation is 1. The fourth-order valence-corrected chi connectivity index (χ4v) is 2.37. The average molecular weight is 352 g/mol. The Morgan fingerprint density at radius 2 is 2.19 bits per heavy atom. The number of rotatable bonds is 6. The van der Waals surface area contributed by atoms with Crippen molar-refractivity contribution in [2.24, 2.45) is 0 Å². The highest BCUT2D eigenvalue weighted by Gasteiger charge is 2.07. The van der Waals surface area contributed by atoms with Gasteiger partial charge in [0, 0.05) is 13.1 Å². The van der Waals surface area contributed by atoms with Crippen LogP contribution in [0.1, 0.15) is 19.4 Å². The summed E-state index contributed by atoms with van der Waals surface area (Å²) in [5.41, 5.74) is 1.63. The minimum absolute atomic E-state index is 0.134. The number of aromatic nitrogens is 2. The molecule has 21 heavy (non-hydrogen) atoms. The van der Waals surface area contributed by atoms with Crippen molar-refractivity contribution < 1.29 is 4.74 Å². The van der Waals surface area contributed by atoms with Crippen molar-refractivity contribution in [1.82, 2.24) is 9.78 Å². The highest BCUT2D eigenvalue weighted by atomic mass is 79.9. The number of ether oxygens (including phenoxy) is 1. The van der Waals surface area contributed by atoms with E-state index in [9.17, 15) is 4.79 Å². The summed E-state index contributed by atoms with van der Waals surface area (Å²) in [6, 6.07) is 7.85. The van der Waals surface area contributed by atoms with E-state index in [4.69, 9.17) is 4.74 Å². The lowest BCUT2D eigenvalue weighted by Gasteiger charge is -2.10. The molecule has 1 aromatic heterocycles. The first kappa shape index (κ1) is 15.6. The largest absolute Gasteiger partial charge is 0.494 e. The van der Waals surface area contributed by atoms with Gasteiger partial charge in [0.2, 0.25) is 0 Å². The third-order valence-corrected chi connectivity index (χ3v) is 3.74. The number of benzene rings is 1. The zero-order valence-corrected chi connectivity index (χ0v) is 13.7. The highest BCUT2D eigenvalue weighted by molar-refractivity contribution is 9.10. The average Bonchev–Trinajstić information content (AvgIpc) is 2.50. The normalized spacial score (nSPS) is 10.4. The smallest absolute Gasteiger partial charge is 0.283 e. The summed E-state index contributed by atoms with van der Waals surface area (Å²) in [7, 11) is 0. The van der Waals surface area contributed by atoms with Gasteiger partial charge in [-0.2, -0.15) is 5.10 Å². The number of hydrogen-bond acceptors (Lipinski definition) is 4. The summed E-state index contributed by atoms with van der Waals surface area (Å²) in [5, 5.41) is 7.32. The first-order valence-electron chi connectivity index (χ1n) is 6.87. The monoisotopic (exact) mass is 351 g/mol. The molecular formula is C15H18BrN3O2. The second-order valence-electron chi connectivity index (χ2n) is 4.43. The Labute approximate surface area is 132 Å². The molecule has 112 valence electrons. The topological polar surface area (TPSA) is 56.1 Å². The lowest BCUT2D eigenvalue weighted by Crippen LogP contribution is -2.23. The van der Waals surface area contributed by atoms with Crippen LogP contribution in [-0.4, -0.2) is 16.4 Å². The van der Waals surface area contributed by atoms with Crippen molar-refractivity contribution in [3.63, 3.8) is 0 Å². The quantitative estimate of drug-likeness (QED) is 0.868. The van der Waals surface area contributed by atoms with E-state index in [0.29, 0.717) is 29.9 Å². The molecule has 0 fully saturated rings. The van der Waals surface area contributed by atoms with Gasteiger partial charge in [0.15, 0.2) is 0 Å². The first-order valence-corrected chi connectivity index (χ1v) is 7.66. The predicted octanol–water partition coefficient (Wildman–Crippen LogP) is 3.04. The molecule has 5 nitrogen and oxygen atoms in total. The fraction of sp³-hybridized carbons (Fsp3) is 0.333. The maximum Gasteiger partial charge on any atom is 0.283 e. The maximum absolute atomic E-state index is 12.0. The number of halogens is 1. The second-order valence-corrected chi connectivity index (χ2v) is 5.22. The van der Waals surface area contributed by atoms with Crippen molar-refractivity contribution >= 4 is 21.6 Å². The summed E-state index contributed by atoms with van der Waals surface area (Å²) in [4.78, 5) is 12.0. The molecule has 0 amide bonds. The second kappa shape index (κ2) is 7.26. The fourth-order valence-electron chi connectivity index (χ4n) is 1.92. The summed E-state index contributed by atoms with van der Waals surface area (Å²) in [6.45, 7) is 5.62. The van der Waals surface area contributed by atoms with Crippen LogP contribution in [-0.2, 0) is 13.1 Å². The molecule has 0 aliphatic rings. The third-order valence-electron chi connectivity index (χ3n) is 2.98. The summed E-state index contributed by atoms with van der Waals surface area (Å²) in [5.74, 6) is 0.843. The van der Waals surface area contributed by atoms with Crippen molar-refractivity contribution in [2.45, 2.75) is 26.9 Å². The molecule has 2 aromatic rings. The van der Waals surface area contributed by atoms with Gasteiger partial charge in [-0.15, -0.1) is 0 Å². The van der Waals surface area contributed by atoms with Crippen molar-refractivity contribution in [2.75, 3.05) is 11.9 Å². The van der Waals surface area contributed by atoms with Crippen molar-refractivity contribution in [3.8, 4) is 5.75 Å². The number of nitrogens with zero attached hydrogens (tertiary/aromatic N) is 2. The molecule has 0 spiro atoms. The van der Waals surface area contributed by atoms with Gasteiger partial charge in [-0.3, -0.25) is 4.79 Å². The molecule has 1 aromatic carbocycles. The minimum Gasteiger partial charge on any atom is -0.494 e. The molecule has 6 heteroatoms. The third kappa shape index (κ3) is 3.85. The Kier molecular flexibility index (Phi) is 5.38. The summed E-state index contributed by atoms with van der Waals surface area (Å²) in [6.07, 6.45) is 1.65. The van der Waals surface area contributed by atoms with Crippen LogP contribution in [0, 0.1) is 0 Å². The predicted molar refractivity (Wildman–Crippen MR) is 86.8 cm³/mol. The number of anilines is 1. The van der Waals surface area contributed by atoms with E-state index in [1.54, 1.807) is 6.20 Å². The summed E-state index contributed by atoms with van der Waals surface area (Å²) < 4.78 is 7.38. The van der Waals surface area contributed by atoms with Gasteiger partial charge >= 0.3 is 0 Å². The molecule has 0 aliphatic heterocycles. The Balaban J connectivity index is 2.11. The minimum atomic E-state index is -0.134. The molecule has 0 saturated carbocycles. The van der Waals surface area contributed by atoms with E-state index >= 15 is 0 Å². The number of hydrogen-bond donors (Lipinski definition) is 1. The lowest BCUT2D eigenvalue weighted by molar-refractivity contribution is 0.340. The van der Waals surface area contributed by atoms with E-state index in [1.807, 2.05) is 38.1 Å². The van der Waals surface area contributed by atoms with Gasteiger partial charge in [0.1, 0.15) is 10.2 Å². The molecule has 1 N–H and O–H groups in total. The zero-order chi connectivity index (χ0) is 15.2. The van der Waals surface area contributed by atoms with E-state index in [2.05, 4.69) is 26.3 Å². The molecule has 2 rings (SSSR count). The van der Waals surface area contributed by atoms with Crippen molar-refractivity contribution in [3.05, 3.63) is 50.9 Å². The Bertz CT molecular complexity index is 670. The van der Waals surface area contributed by atoms with Crippen LogP contribution in [0.15, 0.2) is 39.7 Å². The van der Waals surface area contributed by atoms with Gasteiger partial charge < -0.3 is 10.1 Å². The van der Waals surface area contributed by atoms with Gasteiger partial charge in [0.05, 0.1) is 18.5 Å². The van der Waals surface area contributed by atoms with Crippen LogP contribution in [0.3, 0.4) is 0 Å². The lowest BCUT2D eigenvalue weighted by atomic mass is 10.2. The SMILES string of the molecule is CCOc1cccc(CNc2cnn(CC)c(=O)c2Br)c1. The van der Waals surface area contributed by atoms with E-state index < -0.39 is 0 Å². The van der Waals surface area contributed by atoms with Crippen LogP contribution < -0.4 is 15.6 Å². The van der Waals surface area contributed by atoms with Gasteiger partial charge in [0.25, 0.3) is 5.56 Å². The molecular weight excluding hydrogens is 334 g/mol. The van der Waals surface area contributed by atoms with E-state index in [1.165, 1.54) is 4.68 Å². The Morgan fingerprint density at radius 1 is 1.38 bits per heavy atom. The molecule has 0 atom stereocenters. The molecule has 0 radical (unpaired) electrons. The molecule has 0 saturated heterocycles. The molecule has 0 aliphatic carbocycles. The highest BCUT2D eigenvalue weighted by Crippen LogP contribution is 2.19. The van der Waals surface area contributed by atoms with Crippen LogP contribution in [0.5, 0.6) is 5.75 Å². The van der Waals surface area contributed by atoms with Gasteiger partial charge in [-0.05, 0) is 47.5 Å². The van der Waals surface area contributed by atoms with Crippen LogP contribution in [0.2, 0.25) is 0 Å². The van der Waals surface area contributed by atoms with Crippen LogP contribution >= 0.6 is 15.9 Å². The molecule has 1 heterocycles. The standard InChI is InChI=1S/C15H18BrN3O2/c1-3-19-15(20)14(16)13(10-18-19)17-9-11-6-5-7-12(8-11)21-4-2/h5-8,10,17H,3-4,9H2,1-2H3. The van der Waals surface area contributed by atoms with Gasteiger partial charge in [-0.25, -0.2) is 4.68 Å². The zero-order valence-electron chi connectivity index (χ0n) is 12.1. The maximum atomic E-state index is 12.0. The van der Waals surface area contributed by atoms with E-state index in [0.717, 1.165) is 11.3 Å².